The largest absolute Gasteiger partial charge is 0.493 e. The molecule has 0 spiro atoms. The fourth-order valence-electron chi connectivity index (χ4n) is 2.46. The monoisotopic (exact) mass is 525 g/mol. The first-order valence-electron chi connectivity index (χ1n) is 8.78. The molecule has 2 rings (SSSR count). The summed E-state index contributed by atoms with van der Waals surface area (Å²) in [5, 5.41) is 8.52. The predicted octanol–water partition coefficient (Wildman–Crippen LogP) is 4.32. The molecule has 0 unspecified atom stereocenters. The van der Waals surface area contributed by atoms with Crippen molar-refractivity contribution in [1.82, 2.24) is 10.6 Å². The molecule has 2 N–H and O–H groups in total. The fourth-order valence-corrected chi connectivity index (χ4v) is 3.16. The molecule has 28 heavy (non-hydrogen) atoms. The molecule has 0 fully saturated rings. The highest BCUT2D eigenvalue weighted by atomic mass is 127. The first kappa shape index (κ1) is 24.4. The zero-order valence-corrected chi connectivity index (χ0v) is 19.1. The molecule has 9 heteroatoms. The van der Waals surface area contributed by atoms with Crippen LogP contribution in [0.15, 0.2) is 40.7 Å². The topological polar surface area (TPSA) is 54.9 Å². The van der Waals surface area contributed by atoms with Gasteiger partial charge in [0.1, 0.15) is 0 Å². The van der Waals surface area contributed by atoms with Crippen molar-refractivity contribution in [3.8, 4) is 11.5 Å². The number of hydrogen-bond donors (Lipinski definition) is 2. The summed E-state index contributed by atoms with van der Waals surface area (Å²) >= 11 is 1.73. The van der Waals surface area contributed by atoms with Gasteiger partial charge in [0.25, 0.3) is 0 Å². The number of benzene rings is 1. The molecule has 0 radical (unpaired) electrons. The van der Waals surface area contributed by atoms with Gasteiger partial charge in [-0.3, -0.25) is 4.99 Å². The third-order valence-electron chi connectivity index (χ3n) is 3.70. The summed E-state index contributed by atoms with van der Waals surface area (Å²) in [6.07, 6.45) is 1.54. The molecule has 0 saturated heterocycles. The maximum Gasteiger partial charge on any atom is 0.387 e. The summed E-state index contributed by atoms with van der Waals surface area (Å²) < 4.78 is 34.6. The van der Waals surface area contributed by atoms with Gasteiger partial charge in [0.2, 0.25) is 0 Å². The average molecular weight is 525 g/mol. The van der Waals surface area contributed by atoms with Crippen LogP contribution in [0.4, 0.5) is 8.78 Å². The molecule has 5 nitrogen and oxygen atoms in total. The Morgan fingerprint density at radius 3 is 2.64 bits per heavy atom. The van der Waals surface area contributed by atoms with Crippen LogP contribution in [0.2, 0.25) is 0 Å². The van der Waals surface area contributed by atoms with Gasteiger partial charge in [-0.1, -0.05) is 12.1 Å². The Bertz CT molecular complexity index is 715. The summed E-state index contributed by atoms with van der Waals surface area (Å²) in [5.41, 5.74) is 0.869. The van der Waals surface area contributed by atoms with Crippen molar-refractivity contribution in [2.24, 2.45) is 4.99 Å². The third kappa shape index (κ3) is 8.59. The molecule has 1 aromatic heterocycles. The first-order chi connectivity index (χ1) is 13.1. The van der Waals surface area contributed by atoms with Gasteiger partial charge in [0, 0.05) is 30.9 Å². The highest BCUT2D eigenvalue weighted by Crippen LogP contribution is 2.29. The van der Waals surface area contributed by atoms with E-state index in [1.807, 2.05) is 19.1 Å². The van der Waals surface area contributed by atoms with Crippen LogP contribution in [0, 0.1) is 0 Å². The van der Waals surface area contributed by atoms with E-state index in [1.54, 1.807) is 23.5 Å². The molecule has 0 saturated carbocycles. The van der Waals surface area contributed by atoms with Crippen LogP contribution < -0.4 is 20.1 Å². The molecular formula is C19H26F2IN3O2S. The third-order valence-corrected chi connectivity index (χ3v) is 4.64. The zero-order valence-electron chi connectivity index (χ0n) is 15.9. The fraction of sp³-hybridized carbons (Fsp3) is 0.421. The maximum atomic E-state index is 12.5. The summed E-state index contributed by atoms with van der Waals surface area (Å²) in [5.74, 6) is 1.07. The zero-order chi connectivity index (χ0) is 19.5. The van der Waals surface area contributed by atoms with E-state index >= 15 is 0 Å². The Kier molecular flexibility index (Phi) is 11.8. The van der Waals surface area contributed by atoms with Crippen LogP contribution in [0.1, 0.15) is 17.4 Å². The van der Waals surface area contributed by atoms with E-state index in [9.17, 15) is 8.78 Å². The van der Waals surface area contributed by atoms with Crippen molar-refractivity contribution < 1.29 is 18.3 Å². The molecule has 0 aliphatic carbocycles. The van der Waals surface area contributed by atoms with Gasteiger partial charge < -0.3 is 20.1 Å². The molecule has 0 aliphatic heterocycles. The Morgan fingerprint density at radius 1 is 1.18 bits per heavy atom. The number of aliphatic imine (C=N–C) groups is 1. The number of thiophene rings is 1. The lowest BCUT2D eigenvalue weighted by Gasteiger charge is -2.13. The second-order valence-corrected chi connectivity index (χ2v) is 6.66. The SMILES string of the molecule is CCNC(=NCCc1cccs1)NCCc1ccc(OC)c(OC(F)F)c1.I. The van der Waals surface area contributed by atoms with Crippen molar-refractivity contribution in [3.63, 3.8) is 0 Å². The van der Waals surface area contributed by atoms with E-state index in [2.05, 4.69) is 31.8 Å². The van der Waals surface area contributed by atoms with Crippen molar-refractivity contribution in [1.29, 1.82) is 0 Å². The number of nitrogens with zero attached hydrogens (tertiary/aromatic N) is 1. The van der Waals surface area contributed by atoms with Gasteiger partial charge in [0.15, 0.2) is 17.5 Å². The molecule has 0 amide bonds. The van der Waals surface area contributed by atoms with Gasteiger partial charge in [-0.15, -0.1) is 35.3 Å². The number of ether oxygens (including phenoxy) is 2. The molecule has 0 aliphatic rings. The normalized spacial score (nSPS) is 11.1. The van der Waals surface area contributed by atoms with Crippen molar-refractivity contribution >= 4 is 41.3 Å². The Labute approximate surface area is 185 Å². The minimum absolute atomic E-state index is 0. The van der Waals surface area contributed by atoms with Crippen molar-refractivity contribution in [2.75, 3.05) is 26.7 Å². The lowest BCUT2D eigenvalue weighted by atomic mass is 10.1. The first-order valence-corrected chi connectivity index (χ1v) is 9.66. The number of hydrogen-bond acceptors (Lipinski definition) is 4. The predicted molar refractivity (Wildman–Crippen MR) is 121 cm³/mol. The number of rotatable bonds is 10. The van der Waals surface area contributed by atoms with Crippen LogP contribution in [-0.4, -0.2) is 39.3 Å². The minimum Gasteiger partial charge on any atom is -0.493 e. The molecule has 0 atom stereocenters. The van der Waals surface area contributed by atoms with E-state index in [0.29, 0.717) is 19.5 Å². The van der Waals surface area contributed by atoms with Gasteiger partial charge in [-0.05, 0) is 42.5 Å². The van der Waals surface area contributed by atoms with E-state index in [1.165, 1.54) is 12.0 Å². The Hall–Kier alpha value is -1.62. The molecule has 1 heterocycles. The minimum atomic E-state index is -2.89. The summed E-state index contributed by atoms with van der Waals surface area (Å²) in [7, 11) is 1.42. The van der Waals surface area contributed by atoms with Crippen LogP contribution >= 0.6 is 35.3 Å². The van der Waals surface area contributed by atoms with Gasteiger partial charge in [-0.2, -0.15) is 8.78 Å². The van der Waals surface area contributed by atoms with Gasteiger partial charge in [0.05, 0.1) is 7.11 Å². The number of alkyl halides is 2. The Balaban J connectivity index is 0.00000392. The lowest BCUT2D eigenvalue weighted by molar-refractivity contribution is -0.0512. The van der Waals surface area contributed by atoms with E-state index in [0.717, 1.165) is 24.5 Å². The van der Waals surface area contributed by atoms with Gasteiger partial charge >= 0.3 is 6.61 Å². The van der Waals surface area contributed by atoms with Crippen LogP contribution in [0.5, 0.6) is 11.5 Å². The summed E-state index contributed by atoms with van der Waals surface area (Å²) in [6.45, 7) is 1.20. The highest BCUT2D eigenvalue weighted by molar-refractivity contribution is 14.0. The smallest absolute Gasteiger partial charge is 0.387 e. The maximum absolute atomic E-state index is 12.5. The van der Waals surface area contributed by atoms with Crippen molar-refractivity contribution in [3.05, 3.63) is 46.2 Å². The molecule has 156 valence electrons. The van der Waals surface area contributed by atoms with Crippen molar-refractivity contribution in [2.45, 2.75) is 26.4 Å². The average Bonchev–Trinajstić information content (AvgIpc) is 3.15. The van der Waals surface area contributed by atoms with Crippen LogP contribution in [-0.2, 0) is 12.8 Å². The van der Waals surface area contributed by atoms with E-state index in [4.69, 9.17) is 4.74 Å². The standard InChI is InChI=1S/C19H25F2N3O2S.HI/c1-3-22-19(24-11-9-15-5-4-12-27-15)23-10-8-14-6-7-16(25-2)17(13-14)26-18(20)21;/h4-7,12-13,18H,3,8-11H2,1-2H3,(H2,22,23,24);1H. The number of nitrogens with one attached hydrogen (secondary N) is 2. The summed E-state index contributed by atoms with van der Waals surface area (Å²) in [6, 6.07) is 9.18. The number of methoxy groups -OCH3 is 1. The highest BCUT2D eigenvalue weighted by Gasteiger charge is 2.11. The van der Waals surface area contributed by atoms with E-state index in [-0.39, 0.29) is 35.5 Å². The van der Waals surface area contributed by atoms with Gasteiger partial charge in [-0.25, -0.2) is 0 Å². The van der Waals surface area contributed by atoms with E-state index < -0.39 is 6.61 Å². The molecular weight excluding hydrogens is 499 g/mol. The molecule has 2 aromatic rings. The van der Waals surface area contributed by atoms with Crippen LogP contribution in [0.25, 0.3) is 0 Å². The molecule has 0 bridgehead atoms. The number of guanidine groups is 1. The second kappa shape index (κ2) is 13.5. The van der Waals surface area contributed by atoms with Crippen LogP contribution in [0.3, 0.4) is 0 Å². The summed E-state index contributed by atoms with van der Waals surface area (Å²) in [4.78, 5) is 5.87. The quantitative estimate of drug-likeness (QED) is 0.276. The second-order valence-electron chi connectivity index (χ2n) is 5.63. The molecule has 1 aromatic carbocycles. The Morgan fingerprint density at radius 2 is 2.00 bits per heavy atom. The lowest BCUT2D eigenvalue weighted by Crippen LogP contribution is -2.38. The number of halogens is 3.